The third-order valence-electron chi connectivity index (χ3n) is 2.33. The van der Waals surface area contributed by atoms with Crippen molar-refractivity contribution in [2.24, 2.45) is 0 Å². The molecule has 0 radical (unpaired) electrons. The summed E-state index contributed by atoms with van der Waals surface area (Å²) >= 11 is 1.26. The van der Waals surface area contributed by atoms with Gasteiger partial charge in [0.05, 0.1) is 5.69 Å². The maximum absolute atomic E-state index is 11.5. The van der Waals surface area contributed by atoms with E-state index in [1.54, 1.807) is 5.38 Å². The number of nitrogens with two attached hydrogens (primary N) is 1. The molecule has 0 aliphatic heterocycles. The number of halogens is 1. The molecule has 0 amide bonds. The first kappa shape index (κ1) is 12.1. The van der Waals surface area contributed by atoms with Crippen molar-refractivity contribution < 1.29 is 22.0 Å². The van der Waals surface area contributed by atoms with Gasteiger partial charge >= 0.3 is 0 Å². The average Bonchev–Trinajstić information content (AvgIpc) is 2.51. The molecule has 1 aliphatic carbocycles. The molecule has 2 rings (SSSR count). The summed E-state index contributed by atoms with van der Waals surface area (Å²) in [5.74, 6) is -0.685. The Labute approximate surface area is 97.3 Å². The molecular formula is C9H10ClN2O2S-. The number of hydrogen-bond acceptors (Lipinski definition) is 5. The van der Waals surface area contributed by atoms with Crippen molar-refractivity contribution in [3.63, 3.8) is 0 Å². The lowest BCUT2D eigenvalue weighted by Crippen LogP contribution is -3.00. The molecule has 1 heterocycles. The van der Waals surface area contributed by atoms with Gasteiger partial charge in [-0.2, -0.15) is 0 Å². The molecule has 1 fully saturated rings. The molecule has 0 unspecified atom stereocenters. The van der Waals surface area contributed by atoms with E-state index in [1.807, 2.05) is 0 Å². The normalized spacial score (nSPS) is 17.6. The van der Waals surface area contributed by atoms with Gasteiger partial charge in [0, 0.05) is 18.2 Å². The molecule has 1 saturated carbocycles. The predicted molar refractivity (Wildman–Crippen MR) is 53.1 cm³/mol. The summed E-state index contributed by atoms with van der Waals surface area (Å²) < 4.78 is 0. The Bertz CT molecular complexity index is 375. The van der Waals surface area contributed by atoms with Gasteiger partial charge in [0.15, 0.2) is 5.13 Å². The number of nitrogens with zero attached hydrogens (tertiary/aromatic N) is 1. The zero-order chi connectivity index (χ0) is 10.1. The predicted octanol–water partition coefficient (Wildman–Crippen LogP) is -1.86. The van der Waals surface area contributed by atoms with Crippen molar-refractivity contribution >= 4 is 28.0 Å². The number of carbonyl (C=O) groups is 2. The summed E-state index contributed by atoms with van der Waals surface area (Å²) in [5, 5.41) is 2.10. The number of hydrogen-bond donors (Lipinski definition) is 1. The van der Waals surface area contributed by atoms with E-state index >= 15 is 0 Å². The number of carbonyl (C=O) groups excluding carboxylic acids is 2. The standard InChI is InChI=1S/C9H10N2O2S.ClH/c10-9-11-5(4-14-9)8-6(12)2-1-3-7(8)13;/h4,8H,1-3H2,(H2,10,11);1H/p-1. The Morgan fingerprint density at radius 3 is 2.40 bits per heavy atom. The van der Waals surface area contributed by atoms with Crippen LogP contribution in [0.3, 0.4) is 0 Å². The second-order valence-corrected chi connectivity index (χ2v) is 4.22. The van der Waals surface area contributed by atoms with Crippen LogP contribution in [-0.2, 0) is 9.59 Å². The fraction of sp³-hybridized carbons (Fsp3) is 0.444. The second kappa shape index (κ2) is 4.72. The van der Waals surface area contributed by atoms with Crippen LogP contribution in [-0.4, -0.2) is 16.6 Å². The first-order valence-corrected chi connectivity index (χ1v) is 5.33. The number of ketones is 2. The van der Waals surface area contributed by atoms with Crippen molar-refractivity contribution in [3.05, 3.63) is 11.1 Å². The topological polar surface area (TPSA) is 73.0 Å². The molecule has 0 bridgehead atoms. The molecule has 0 spiro atoms. The van der Waals surface area contributed by atoms with Gasteiger partial charge in [0.1, 0.15) is 17.5 Å². The molecule has 0 aromatic carbocycles. The summed E-state index contributed by atoms with van der Waals surface area (Å²) in [5.41, 5.74) is 5.99. The van der Waals surface area contributed by atoms with Crippen molar-refractivity contribution in [1.29, 1.82) is 0 Å². The highest BCUT2D eigenvalue weighted by molar-refractivity contribution is 7.13. The van der Waals surface area contributed by atoms with E-state index in [9.17, 15) is 9.59 Å². The second-order valence-electron chi connectivity index (χ2n) is 3.33. The molecule has 6 heteroatoms. The average molecular weight is 246 g/mol. The minimum Gasteiger partial charge on any atom is -1.00 e. The Hall–Kier alpha value is -0.940. The number of Topliss-reactive ketones (excluding diaryl/α,β-unsaturated/α-hetero) is 2. The summed E-state index contributed by atoms with van der Waals surface area (Å²) in [7, 11) is 0. The SMILES string of the molecule is Nc1nc(C2C(=O)CCCC2=O)cs1.[Cl-]. The van der Waals surface area contributed by atoms with Crippen LogP contribution >= 0.6 is 11.3 Å². The number of rotatable bonds is 1. The highest BCUT2D eigenvalue weighted by Gasteiger charge is 2.32. The van der Waals surface area contributed by atoms with Crippen LogP contribution in [0.2, 0.25) is 0 Å². The molecule has 4 nitrogen and oxygen atoms in total. The highest BCUT2D eigenvalue weighted by Crippen LogP contribution is 2.28. The van der Waals surface area contributed by atoms with E-state index in [0.29, 0.717) is 30.1 Å². The lowest BCUT2D eigenvalue weighted by Gasteiger charge is -2.16. The molecule has 1 aliphatic rings. The summed E-state index contributed by atoms with van der Waals surface area (Å²) in [4.78, 5) is 27.0. The van der Waals surface area contributed by atoms with Gasteiger partial charge in [-0.1, -0.05) is 0 Å². The van der Waals surface area contributed by atoms with E-state index in [2.05, 4.69) is 4.98 Å². The summed E-state index contributed by atoms with van der Waals surface area (Å²) in [6.45, 7) is 0. The maximum atomic E-state index is 11.5. The number of aromatic nitrogens is 1. The van der Waals surface area contributed by atoms with Crippen molar-refractivity contribution in [2.75, 3.05) is 5.73 Å². The molecule has 1 aromatic rings. The van der Waals surface area contributed by atoms with Gasteiger partial charge in [0.25, 0.3) is 0 Å². The zero-order valence-corrected chi connectivity index (χ0v) is 9.48. The van der Waals surface area contributed by atoms with Gasteiger partial charge < -0.3 is 18.1 Å². The van der Waals surface area contributed by atoms with E-state index < -0.39 is 5.92 Å². The van der Waals surface area contributed by atoms with Crippen LogP contribution in [0.5, 0.6) is 0 Å². The van der Waals surface area contributed by atoms with Gasteiger partial charge in [0.2, 0.25) is 0 Å². The minimum atomic E-state index is -0.641. The largest absolute Gasteiger partial charge is 1.00 e. The van der Waals surface area contributed by atoms with Crippen LogP contribution in [0, 0.1) is 0 Å². The van der Waals surface area contributed by atoms with Crippen molar-refractivity contribution in [2.45, 2.75) is 25.2 Å². The van der Waals surface area contributed by atoms with Gasteiger partial charge in [-0.05, 0) is 6.42 Å². The molecule has 15 heavy (non-hydrogen) atoms. The Morgan fingerprint density at radius 2 is 1.93 bits per heavy atom. The van der Waals surface area contributed by atoms with E-state index in [0.717, 1.165) is 0 Å². The van der Waals surface area contributed by atoms with Crippen molar-refractivity contribution in [3.8, 4) is 0 Å². The quantitative estimate of drug-likeness (QED) is 0.589. The highest BCUT2D eigenvalue weighted by atomic mass is 35.5. The maximum Gasteiger partial charge on any atom is 0.180 e. The Morgan fingerprint density at radius 1 is 1.33 bits per heavy atom. The molecule has 0 atom stereocenters. The fourth-order valence-electron chi connectivity index (χ4n) is 1.67. The van der Waals surface area contributed by atoms with Crippen LogP contribution in [0.1, 0.15) is 30.9 Å². The third kappa shape index (κ3) is 2.35. The van der Waals surface area contributed by atoms with E-state index in [4.69, 9.17) is 5.73 Å². The van der Waals surface area contributed by atoms with Crippen LogP contribution in [0.15, 0.2) is 5.38 Å². The van der Waals surface area contributed by atoms with Crippen molar-refractivity contribution in [1.82, 2.24) is 4.98 Å². The van der Waals surface area contributed by atoms with Gasteiger partial charge in [-0.15, -0.1) is 11.3 Å². The monoisotopic (exact) mass is 245 g/mol. The third-order valence-corrected chi connectivity index (χ3v) is 3.02. The lowest BCUT2D eigenvalue weighted by atomic mass is 9.85. The minimum absolute atomic E-state index is 0. The molecule has 0 saturated heterocycles. The fourth-order valence-corrected chi connectivity index (χ4v) is 2.26. The zero-order valence-electron chi connectivity index (χ0n) is 7.90. The number of nitrogen functional groups attached to an aromatic ring is 1. The Balaban J connectivity index is 0.00000112. The molecular weight excluding hydrogens is 236 g/mol. The smallest absolute Gasteiger partial charge is 0.180 e. The first-order chi connectivity index (χ1) is 6.68. The van der Waals surface area contributed by atoms with Gasteiger partial charge in [-0.3, -0.25) is 9.59 Å². The molecule has 2 N–H and O–H groups in total. The number of thiazole rings is 1. The van der Waals surface area contributed by atoms with Crippen LogP contribution < -0.4 is 18.1 Å². The Kier molecular flexibility index (Phi) is 3.82. The summed E-state index contributed by atoms with van der Waals surface area (Å²) in [6.07, 6.45) is 1.63. The lowest BCUT2D eigenvalue weighted by molar-refractivity contribution is -0.131. The van der Waals surface area contributed by atoms with E-state index in [-0.39, 0.29) is 24.0 Å². The molecule has 1 aromatic heterocycles. The summed E-state index contributed by atoms with van der Waals surface area (Å²) in [6, 6.07) is 0. The first-order valence-electron chi connectivity index (χ1n) is 4.45. The van der Waals surface area contributed by atoms with Gasteiger partial charge in [-0.25, -0.2) is 4.98 Å². The number of anilines is 1. The molecule has 82 valence electrons. The van der Waals surface area contributed by atoms with Crippen LogP contribution in [0.25, 0.3) is 0 Å². The van der Waals surface area contributed by atoms with Crippen LogP contribution in [0.4, 0.5) is 5.13 Å². The van der Waals surface area contributed by atoms with E-state index in [1.165, 1.54) is 11.3 Å².